The van der Waals surface area contributed by atoms with Crippen molar-refractivity contribution in [2.75, 3.05) is 16.7 Å². The van der Waals surface area contributed by atoms with Crippen molar-refractivity contribution >= 4 is 27.3 Å². The van der Waals surface area contributed by atoms with E-state index in [1.54, 1.807) is 66.2 Å². The van der Waals surface area contributed by atoms with Gasteiger partial charge in [-0.3, -0.25) is 9.10 Å². The lowest BCUT2D eigenvalue weighted by Gasteiger charge is -2.24. The molecule has 1 heterocycles. The molecule has 1 N–H and O–H groups in total. The number of hydrogen-bond donors (Lipinski definition) is 1. The third-order valence-corrected chi connectivity index (χ3v) is 7.56. The summed E-state index contributed by atoms with van der Waals surface area (Å²) in [6, 6.07) is 19.6. The summed E-state index contributed by atoms with van der Waals surface area (Å²) in [7, 11) is -0.674. The molecule has 0 atom stereocenters. The number of imidazole rings is 1. The number of anilines is 2. The number of amides is 1. The topological polar surface area (TPSA) is 93.5 Å². The van der Waals surface area contributed by atoms with Crippen molar-refractivity contribution in [2.45, 2.75) is 25.4 Å². The van der Waals surface area contributed by atoms with E-state index in [1.165, 1.54) is 23.9 Å². The lowest BCUT2D eigenvalue weighted by Crippen LogP contribution is -2.31. The molecule has 0 aliphatic heterocycles. The van der Waals surface area contributed by atoms with Gasteiger partial charge in [-0.2, -0.15) is 8.42 Å². The Morgan fingerprint density at radius 2 is 1.75 bits per heavy atom. The van der Waals surface area contributed by atoms with Crippen LogP contribution in [-0.4, -0.2) is 31.0 Å². The number of hydrogen-bond acceptors (Lipinski definition) is 5. The van der Waals surface area contributed by atoms with Crippen molar-refractivity contribution in [3.63, 3.8) is 0 Å². The second-order valence-corrected chi connectivity index (χ2v) is 10.3. The van der Waals surface area contributed by atoms with Crippen LogP contribution in [0.3, 0.4) is 0 Å². The van der Waals surface area contributed by atoms with Gasteiger partial charge in [-0.15, -0.1) is 0 Å². The molecule has 0 aliphatic carbocycles. The van der Waals surface area contributed by atoms with Gasteiger partial charge in [-0.05, 0) is 66.9 Å². The first-order valence-electron chi connectivity index (χ1n) is 11.3. The van der Waals surface area contributed by atoms with Gasteiger partial charge in [-0.25, -0.2) is 4.98 Å². The predicted octanol–water partition coefficient (Wildman–Crippen LogP) is 4.69. The highest BCUT2D eigenvalue weighted by Gasteiger charge is 2.28. The Hall–Kier alpha value is -4.11. The highest BCUT2D eigenvalue weighted by atomic mass is 32.2. The molecule has 1 amide bonds. The predicted molar refractivity (Wildman–Crippen MR) is 140 cm³/mol. The van der Waals surface area contributed by atoms with Gasteiger partial charge in [0, 0.05) is 18.9 Å². The number of nitrogens with one attached hydrogen (secondary N) is 1. The number of ether oxygens (including phenoxy) is 1. The molecule has 36 heavy (non-hydrogen) atoms. The third kappa shape index (κ3) is 5.26. The Bertz CT molecular complexity index is 1490. The third-order valence-electron chi connectivity index (χ3n) is 5.90. The Balaban J connectivity index is 1.60. The highest BCUT2D eigenvalue weighted by molar-refractivity contribution is 7.92. The molecule has 0 spiro atoms. The van der Waals surface area contributed by atoms with E-state index in [2.05, 4.69) is 10.3 Å². The Labute approximate surface area is 211 Å². The number of carbonyl (C=O) groups is 1. The van der Waals surface area contributed by atoms with Crippen LogP contribution in [0.25, 0.3) is 0 Å². The van der Waals surface area contributed by atoms with Crippen LogP contribution in [-0.2, 0) is 23.6 Å². The van der Waals surface area contributed by atoms with Crippen molar-refractivity contribution in [1.29, 1.82) is 0 Å². The lowest BCUT2D eigenvalue weighted by atomic mass is 10.1. The Kier molecular flexibility index (Phi) is 7.12. The van der Waals surface area contributed by atoms with E-state index < -0.39 is 10.0 Å². The van der Waals surface area contributed by atoms with E-state index in [0.717, 1.165) is 16.7 Å². The Morgan fingerprint density at radius 1 is 1.03 bits per heavy atom. The molecule has 0 saturated carbocycles. The minimum Gasteiger partial charge on any atom is -0.496 e. The molecule has 0 radical (unpaired) electrons. The fourth-order valence-corrected chi connectivity index (χ4v) is 5.14. The number of aromatic nitrogens is 2. The maximum atomic E-state index is 13.6. The van der Waals surface area contributed by atoms with E-state index in [0.29, 0.717) is 22.7 Å². The van der Waals surface area contributed by atoms with Crippen LogP contribution in [0.4, 0.5) is 11.4 Å². The maximum Gasteiger partial charge on any atom is 0.283 e. The summed E-state index contributed by atoms with van der Waals surface area (Å²) in [4.78, 5) is 16.8. The number of nitrogens with zero attached hydrogens (tertiary/aromatic N) is 3. The number of benzene rings is 3. The molecular weight excluding hydrogens is 476 g/mol. The molecule has 0 saturated heterocycles. The van der Waals surface area contributed by atoms with Crippen LogP contribution in [0.5, 0.6) is 5.75 Å². The summed E-state index contributed by atoms with van der Waals surface area (Å²) < 4.78 is 35.3. The number of carbonyl (C=O) groups excluding carboxylic acids is 1. The standard InChI is InChI=1S/C27H28N4O4S/c1-19-9-14-23(15-20(19)2)31(36(33,34)26-17-30(3)18-28-26)16-21-10-12-22(13-11-21)29-27(32)24-7-5-6-8-25(24)35-4/h5-15,17-18H,16H2,1-4H3,(H,29,32). The fraction of sp³-hybridized carbons (Fsp3) is 0.185. The molecule has 1 aromatic heterocycles. The maximum absolute atomic E-state index is 13.6. The van der Waals surface area contributed by atoms with E-state index in [4.69, 9.17) is 4.74 Å². The summed E-state index contributed by atoms with van der Waals surface area (Å²) in [5.41, 5.74) is 4.37. The number of sulfonamides is 1. The summed E-state index contributed by atoms with van der Waals surface area (Å²) in [6.45, 7) is 4.03. The van der Waals surface area contributed by atoms with Gasteiger partial charge >= 0.3 is 0 Å². The largest absolute Gasteiger partial charge is 0.496 e. The Morgan fingerprint density at radius 3 is 2.39 bits per heavy atom. The molecule has 0 unspecified atom stereocenters. The van der Waals surface area contributed by atoms with Gasteiger partial charge in [0.05, 0.1) is 31.2 Å². The first-order chi connectivity index (χ1) is 17.2. The van der Waals surface area contributed by atoms with Crippen molar-refractivity contribution < 1.29 is 17.9 Å². The molecule has 0 aliphatic rings. The second-order valence-electron chi connectivity index (χ2n) is 8.51. The molecule has 0 bridgehead atoms. The SMILES string of the molecule is COc1ccccc1C(=O)Nc1ccc(CN(c2ccc(C)c(C)c2)S(=O)(=O)c2cn(C)cn2)cc1. The highest BCUT2D eigenvalue weighted by Crippen LogP contribution is 2.28. The van der Waals surface area contributed by atoms with Gasteiger partial charge < -0.3 is 14.6 Å². The summed E-state index contributed by atoms with van der Waals surface area (Å²) in [6.07, 6.45) is 2.95. The van der Waals surface area contributed by atoms with Gasteiger partial charge in [-0.1, -0.05) is 30.3 Å². The van der Waals surface area contributed by atoms with E-state index in [1.807, 2.05) is 26.0 Å². The van der Waals surface area contributed by atoms with Crippen molar-refractivity contribution in [3.8, 4) is 5.75 Å². The average molecular weight is 505 g/mol. The van der Waals surface area contributed by atoms with Crippen molar-refractivity contribution in [3.05, 3.63) is 102 Å². The van der Waals surface area contributed by atoms with Crippen LogP contribution in [0.1, 0.15) is 27.0 Å². The van der Waals surface area contributed by atoms with Crippen LogP contribution >= 0.6 is 0 Å². The van der Waals surface area contributed by atoms with E-state index in [9.17, 15) is 13.2 Å². The smallest absolute Gasteiger partial charge is 0.283 e. The first-order valence-corrected chi connectivity index (χ1v) is 12.7. The quantitative estimate of drug-likeness (QED) is 0.376. The minimum absolute atomic E-state index is 0.0241. The molecule has 3 aromatic carbocycles. The first kappa shape index (κ1) is 25.0. The zero-order chi connectivity index (χ0) is 25.9. The zero-order valence-corrected chi connectivity index (χ0v) is 21.4. The van der Waals surface area contributed by atoms with Gasteiger partial charge in [0.15, 0.2) is 5.03 Å². The molecule has 9 heteroatoms. The molecule has 4 rings (SSSR count). The van der Waals surface area contributed by atoms with Crippen molar-refractivity contribution in [2.24, 2.45) is 7.05 Å². The summed E-state index contributed by atoms with van der Waals surface area (Å²) in [5, 5.41) is 2.83. The van der Waals surface area contributed by atoms with Crippen molar-refractivity contribution in [1.82, 2.24) is 9.55 Å². The normalized spacial score (nSPS) is 11.2. The van der Waals surface area contributed by atoms with Crippen LogP contribution in [0.2, 0.25) is 0 Å². The monoisotopic (exact) mass is 504 g/mol. The minimum atomic E-state index is -3.92. The van der Waals surface area contributed by atoms with E-state index in [-0.39, 0.29) is 17.5 Å². The summed E-state index contributed by atoms with van der Waals surface area (Å²) >= 11 is 0. The molecule has 0 fully saturated rings. The molecule has 4 aromatic rings. The van der Waals surface area contributed by atoms with Gasteiger partial charge in [0.25, 0.3) is 15.9 Å². The van der Waals surface area contributed by atoms with Crippen LogP contribution in [0, 0.1) is 13.8 Å². The van der Waals surface area contributed by atoms with Gasteiger partial charge in [0.1, 0.15) is 5.75 Å². The molecule has 8 nitrogen and oxygen atoms in total. The van der Waals surface area contributed by atoms with Crippen LogP contribution < -0.4 is 14.4 Å². The molecular formula is C27H28N4O4S. The average Bonchev–Trinajstić information content (AvgIpc) is 3.32. The zero-order valence-electron chi connectivity index (χ0n) is 20.6. The van der Waals surface area contributed by atoms with E-state index >= 15 is 0 Å². The molecule has 186 valence electrons. The van der Waals surface area contributed by atoms with Crippen LogP contribution in [0.15, 0.2) is 84.3 Å². The summed E-state index contributed by atoms with van der Waals surface area (Å²) in [5.74, 6) is 0.185. The second kappa shape index (κ2) is 10.2. The number of para-hydroxylation sites is 1. The fourth-order valence-electron chi connectivity index (χ4n) is 3.72. The number of aryl methyl sites for hydroxylation is 3. The lowest BCUT2D eigenvalue weighted by molar-refractivity contribution is 0.102. The number of methoxy groups -OCH3 is 1. The number of rotatable bonds is 8. The van der Waals surface area contributed by atoms with Gasteiger partial charge in [0.2, 0.25) is 0 Å².